The van der Waals surface area contributed by atoms with Crippen molar-refractivity contribution in [2.24, 2.45) is 0 Å². The highest BCUT2D eigenvalue weighted by atomic mass is 32.1. The number of hydrogen-bond donors (Lipinski definition) is 1. The Morgan fingerprint density at radius 2 is 2.57 bits per heavy atom. The van der Waals surface area contributed by atoms with E-state index in [0.717, 1.165) is 6.42 Å². The Kier molecular flexibility index (Phi) is 3.64. The van der Waals surface area contributed by atoms with Crippen LogP contribution < -0.4 is 0 Å². The minimum Gasteiger partial charge on any atom is -0.162 e. The summed E-state index contributed by atoms with van der Waals surface area (Å²) in [6.07, 6.45) is 7.54. The van der Waals surface area contributed by atoms with Gasteiger partial charge in [0.15, 0.2) is 0 Å². The third-order valence-electron chi connectivity index (χ3n) is 0.582. The molecule has 0 saturated carbocycles. The van der Waals surface area contributed by atoms with Gasteiger partial charge in [0.2, 0.25) is 0 Å². The van der Waals surface area contributed by atoms with E-state index in [1.165, 1.54) is 0 Å². The van der Waals surface area contributed by atoms with E-state index in [2.05, 4.69) is 25.1 Å². The molecule has 0 heterocycles. The molecule has 0 rings (SSSR count). The van der Waals surface area contributed by atoms with Crippen molar-refractivity contribution < 1.29 is 0 Å². The first-order valence-corrected chi connectivity index (χ1v) is 2.58. The average molecular weight is 112 g/mol. The topological polar surface area (TPSA) is 0 Å². The van der Waals surface area contributed by atoms with Crippen LogP contribution in [-0.4, -0.2) is 5.25 Å². The minimum atomic E-state index is 0.0532. The van der Waals surface area contributed by atoms with Gasteiger partial charge < -0.3 is 0 Å². The van der Waals surface area contributed by atoms with Gasteiger partial charge in [-0.25, -0.2) is 0 Å². The summed E-state index contributed by atoms with van der Waals surface area (Å²) in [4.78, 5) is 0. The molecule has 0 nitrogen and oxygen atoms in total. The first kappa shape index (κ1) is 6.65. The highest BCUT2D eigenvalue weighted by Gasteiger charge is 1.88. The van der Waals surface area contributed by atoms with Gasteiger partial charge in [0.1, 0.15) is 0 Å². The largest absolute Gasteiger partial charge is 0.162 e. The number of rotatable bonds is 2. The maximum Gasteiger partial charge on any atom is 0.0658 e. The van der Waals surface area contributed by atoms with E-state index in [1.54, 1.807) is 6.08 Å². The molecule has 0 aliphatic rings. The van der Waals surface area contributed by atoms with Gasteiger partial charge in [-0.15, -0.1) is 13.0 Å². The molecule has 0 saturated heterocycles. The summed E-state index contributed by atoms with van der Waals surface area (Å²) in [7, 11) is 0. The first-order chi connectivity index (χ1) is 3.31. The molecule has 0 aromatic rings. The lowest BCUT2D eigenvalue weighted by molar-refractivity contribution is 1.12. The maximum absolute atomic E-state index is 4.98. The summed E-state index contributed by atoms with van der Waals surface area (Å²) in [5.41, 5.74) is 0. The monoisotopic (exact) mass is 112 g/mol. The second kappa shape index (κ2) is 3.83. The highest BCUT2D eigenvalue weighted by molar-refractivity contribution is 7.81. The smallest absolute Gasteiger partial charge is 0.0658 e. The lowest BCUT2D eigenvalue weighted by Crippen LogP contribution is -1.87. The molecule has 0 fully saturated rings. The van der Waals surface area contributed by atoms with Gasteiger partial charge >= 0.3 is 0 Å². The van der Waals surface area contributed by atoms with Gasteiger partial charge in [0.25, 0.3) is 0 Å². The van der Waals surface area contributed by atoms with Crippen molar-refractivity contribution in [3.05, 3.63) is 12.7 Å². The Labute approximate surface area is 50.0 Å². The van der Waals surface area contributed by atoms with Gasteiger partial charge in [-0.1, -0.05) is 12.0 Å². The van der Waals surface area contributed by atoms with E-state index in [4.69, 9.17) is 6.42 Å². The molecule has 7 heavy (non-hydrogen) atoms. The Bertz CT molecular complexity index is 88.8. The molecule has 38 valence electrons. The molecule has 0 spiro atoms. The quantitative estimate of drug-likeness (QED) is 0.312. The lowest BCUT2D eigenvalue weighted by atomic mass is 10.3. The molecule has 0 N–H and O–H groups in total. The van der Waals surface area contributed by atoms with Crippen LogP contribution in [0.3, 0.4) is 0 Å². The summed E-state index contributed by atoms with van der Waals surface area (Å²) < 4.78 is 0. The molecule has 0 aromatic carbocycles. The van der Waals surface area contributed by atoms with Gasteiger partial charge in [-0.3, -0.25) is 0 Å². The van der Waals surface area contributed by atoms with Crippen LogP contribution in [0.2, 0.25) is 0 Å². The van der Waals surface area contributed by atoms with Crippen LogP contribution in [0.4, 0.5) is 0 Å². The summed E-state index contributed by atoms with van der Waals surface area (Å²) in [5.74, 6) is 2.46. The second-order valence-corrected chi connectivity index (χ2v) is 1.83. The first-order valence-electron chi connectivity index (χ1n) is 2.06. The summed E-state index contributed by atoms with van der Waals surface area (Å²) in [6.45, 7) is 3.50. The Morgan fingerprint density at radius 3 is 2.71 bits per heavy atom. The van der Waals surface area contributed by atoms with E-state index < -0.39 is 0 Å². The van der Waals surface area contributed by atoms with Gasteiger partial charge in [0.05, 0.1) is 5.25 Å². The molecule has 1 atom stereocenters. The summed E-state index contributed by atoms with van der Waals surface area (Å²) >= 11 is 4.00. The summed E-state index contributed by atoms with van der Waals surface area (Å²) in [5, 5.41) is 0.0532. The van der Waals surface area contributed by atoms with E-state index >= 15 is 0 Å². The van der Waals surface area contributed by atoms with Crippen molar-refractivity contribution in [1.82, 2.24) is 0 Å². The molecule has 0 aromatic heterocycles. The standard InChI is InChI=1S/C6H8S/c1-3-5-6(7)4-2/h2-3,6-7H,1,5H2. The molecule has 0 amide bonds. The van der Waals surface area contributed by atoms with Gasteiger partial charge in [-0.05, 0) is 6.42 Å². The zero-order chi connectivity index (χ0) is 5.70. The normalized spacial score (nSPS) is 12.0. The molecular formula is C6H8S. The molecule has 0 aliphatic carbocycles. The predicted molar refractivity (Wildman–Crippen MR) is 36.4 cm³/mol. The van der Waals surface area contributed by atoms with E-state index in [0.29, 0.717) is 0 Å². The molecule has 0 radical (unpaired) electrons. The van der Waals surface area contributed by atoms with Crippen LogP contribution in [0.1, 0.15) is 6.42 Å². The molecule has 1 heteroatoms. The molecular weight excluding hydrogens is 104 g/mol. The molecule has 0 aliphatic heterocycles. The van der Waals surface area contributed by atoms with Crippen LogP contribution in [0.15, 0.2) is 12.7 Å². The Morgan fingerprint density at radius 1 is 2.00 bits per heavy atom. The Balaban J connectivity index is 3.21. The molecule has 0 bridgehead atoms. The average Bonchev–Trinajstić information content (AvgIpc) is 1.68. The van der Waals surface area contributed by atoms with Crippen LogP contribution in [0, 0.1) is 12.3 Å². The third kappa shape index (κ3) is 3.48. The van der Waals surface area contributed by atoms with Crippen LogP contribution in [0.5, 0.6) is 0 Å². The minimum absolute atomic E-state index is 0.0532. The summed E-state index contributed by atoms with van der Waals surface area (Å²) in [6, 6.07) is 0. The fourth-order valence-electron chi connectivity index (χ4n) is 0.226. The predicted octanol–water partition coefficient (Wildman–Crippen LogP) is 1.49. The SMILES string of the molecule is C#CC(S)CC=C. The van der Waals surface area contributed by atoms with Crippen molar-refractivity contribution in [2.45, 2.75) is 11.7 Å². The van der Waals surface area contributed by atoms with Crippen LogP contribution >= 0.6 is 12.6 Å². The van der Waals surface area contributed by atoms with Crippen molar-refractivity contribution in [3.63, 3.8) is 0 Å². The van der Waals surface area contributed by atoms with Gasteiger partial charge in [-0.2, -0.15) is 12.6 Å². The fraction of sp³-hybridized carbons (Fsp3) is 0.333. The van der Waals surface area contributed by atoms with Crippen molar-refractivity contribution in [1.29, 1.82) is 0 Å². The van der Waals surface area contributed by atoms with Gasteiger partial charge in [0, 0.05) is 0 Å². The second-order valence-electron chi connectivity index (χ2n) is 1.21. The number of thiol groups is 1. The van der Waals surface area contributed by atoms with E-state index in [-0.39, 0.29) is 5.25 Å². The van der Waals surface area contributed by atoms with E-state index in [9.17, 15) is 0 Å². The highest BCUT2D eigenvalue weighted by Crippen LogP contribution is 1.97. The Hall–Kier alpha value is -0.350. The third-order valence-corrected chi connectivity index (χ3v) is 0.942. The van der Waals surface area contributed by atoms with Crippen LogP contribution in [-0.2, 0) is 0 Å². The van der Waals surface area contributed by atoms with Crippen molar-refractivity contribution in [2.75, 3.05) is 0 Å². The fourth-order valence-corrected chi connectivity index (χ4v) is 0.375. The number of terminal acetylenes is 1. The zero-order valence-electron chi connectivity index (χ0n) is 4.09. The lowest BCUT2D eigenvalue weighted by Gasteiger charge is -1.91. The van der Waals surface area contributed by atoms with Crippen LogP contribution in [0.25, 0.3) is 0 Å². The molecule has 1 unspecified atom stereocenters. The maximum atomic E-state index is 4.98. The van der Waals surface area contributed by atoms with E-state index in [1.807, 2.05) is 0 Å². The zero-order valence-corrected chi connectivity index (χ0v) is 4.99. The van der Waals surface area contributed by atoms with Crippen molar-refractivity contribution in [3.8, 4) is 12.3 Å². The van der Waals surface area contributed by atoms with Crippen molar-refractivity contribution >= 4 is 12.6 Å². The number of allylic oxidation sites excluding steroid dienone is 1. The number of hydrogen-bond acceptors (Lipinski definition) is 1.